The van der Waals surface area contributed by atoms with Crippen LogP contribution in [0.2, 0.25) is 10.2 Å². The van der Waals surface area contributed by atoms with Crippen molar-refractivity contribution in [3.63, 3.8) is 0 Å². The van der Waals surface area contributed by atoms with E-state index in [9.17, 15) is 9.59 Å². The van der Waals surface area contributed by atoms with Crippen LogP contribution in [0.1, 0.15) is 21.6 Å². The van der Waals surface area contributed by atoms with Gasteiger partial charge < -0.3 is 19.5 Å². The number of anilines is 1. The summed E-state index contributed by atoms with van der Waals surface area (Å²) in [5.74, 6) is -0.0959. The second-order valence-electron chi connectivity index (χ2n) is 6.98. The second kappa shape index (κ2) is 9.50. The van der Waals surface area contributed by atoms with Crippen molar-refractivity contribution in [2.45, 2.75) is 13.5 Å². The Morgan fingerprint density at radius 2 is 1.88 bits per heavy atom. The Kier molecular flexibility index (Phi) is 6.53. The van der Waals surface area contributed by atoms with Crippen molar-refractivity contribution < 1.29 is 23.8 Å². The van der Waals surface area contributed by atoms with Crippen LogP contribution in [0.25, 0.3) is 0 Å². The molecule has 1 amide bonds. The molecule has 4 rings (SSSR count). The largest absolute Gasteiger partial charge is 0.486 e. The minimum atomic E-state index is -0.741. The number of rotatable bonds is 6. The van der Waals surface area contributed by atoms with Crippen LogP contribution in [0.3, 0.4) is 0 Å². The van der Waals surface area contributed by atoms with Gasteiger partial charge in [0.2, 0.25) is 0 Å². The molecule has 2 heterocycles. The number of aromatic nitrogens is 2. The molecule has 0 radical (unpaired) electrons. The number of carbonyl (C=O) groups is 2. The van der Waals surface area contributed by atoms with Crippen LogP contribution in [0.4, 0.5) is 5.69 Å². The van der Waals surface area contributed by atoms with E-state index in [4.69, 9.17) is 37.4 Å². The molecular weight excluding hydrogens is 457 g/mol. The summed E-state index contributed by atoms with van der Waals surface area (Å²) in [6.45, 7) is 2.36. The first kappa shape index (κ1) is 22.0. The molecule has 1 aliphatic heterocycles. The monoisotopic (exact) mass is 475 g/mol. The fraction of sp³-hybridized carbons (Fsp3) is 0.227. The van der Waals surface area contributed by atoms with Crippen LogP contribution in [-0.4, -0.2) is 41.5 Å². The molecule has 1 aromatic heterocycles. The lowest BCUT2D eigenvalue weighted by molar-refractivity contribution is -0.119. The zero-order valence-electron chi connectivity index (χ0n) is 17.1. The Bertz CT molecular complexity index is 1180. The minimum Gasteiger partial charge on any atom is -0.486 e. The standard InChI is InChI=1S/C22H19Cl2N3O5/c1-13-20(21(24)27(26-13)11-14-4-2-3-5-16(14)23)22(29)32-12-19(28)25-15-6-7-17-18(10-15)31-9-8-30-17/h2-7,10H,8-9,11-12H2,1H3,(H,25,28). The van der Waals surface area contributed by atoms with E-state index in [1.807, 2.05) is 18.2 Å². The molecule has 2 aromatic carbocycles. The summed E-state index contributed by atoms with van der Waals surface area (Å²) in [4.78, 5) is 24.8. The van der Waals surface area contributed by atoms with Crippen molar-refractivity contribution in [1.29, 1.82) is 0 Å². The Hall–Kier alpha value is -3.23. The average molecular weight is 476 g/mol. The number of esters is 1. The normalized spacial score (nSPS) is 12.3. The molecule has 32 heavy (non-hydrogen) atoms. The lowest BCUT2D eigenvalue weighted by Crippen LogP contribution is -2.21. The summed E-state index contributed by atoms with van der Waals surface area (Å²) in [5.41, 5.74) is 1.79. The lowest BCUT2D eigenvalue weighted by atomic mass is 10.2. The maximum absolute atomic E-state index is 12.6. The number of hydrogen-bond acceptors (Lipinski definition) is 6. The maximum Gasteiger partial charge on any atom is 0.343 e. The highest BCUT2D eigenvalue weighted by Gasteiger charge is 2.23. The minimum absolute atomic E-state index is 0.103. The van der Waals surface area contributed by atoms with Gasteiger partial charge in [0.25, 0.3) is 5.91 Å². The lowest BCUT2D eigenvalue weighted by Gasteiger charge is -2.19. The molecule has 0 unspecified atom stereocenters. The number of nitrogens with zero attached hydrogens (tertiary/aromatic N) is 2. The topological polar surface area (TPSA) is 91.7 Å². The predicted octanol–water partition coefficient (Wildman–Crippen LogP) is 4.11. The Balaban J connectivity index is 1.38. The molecule has 166 valence electrons. The van der Waals surface area contributed by atoms with E-state index >= 15 is 0 Å². The molecule has 8 nitrogen and oxygen atoms in total. The zero-order chi connectivity index (χ0) is 22.7. The number of nitrogens with one attached hydrogen (secondary N) is 1. The molecule has 3 aromatic rings. The van der Waals surface area contributed by atoms with E-state index in [-0.39, 0.29) is 17.3 Å². The number of halogens is 2. The van der Waals surface area contributed by atoms with Gasteiger partial charge in [-0.15, -0.1) is 0 Å². The van der Waals surface area contributed by atoms with E-state index in [1.54, 1.807) is 31.2 Å². The van der Waals surface area contributed by atoms with Gasteiger partial charge >= 0.3 is 5.97 Å². The van der Waals surface area contributed by atoms with Crippen molar-refractivity contribution in [1.82, 2.24) is 9.78 Å². The molecule has 0 atom stereocenters. The van der Waals surface area contributed by atoms with Crippen LogP contribution in [0, 0.1) is 6.92 Å². The van der Waals surface area contributed by atoms with Crippen molar-refractivity contribution in [2.24, 2.45) is 0 Å². The highest BCUT2D eigenvalue weighted by atomic mass is 35.5. The predicted molar refractivity (Wildman–Crippen MR) is 119 cm³/mol. The number of aryl methyl sites for hydroxylation is 1. The maximum atomic E-state index is 12.6. The Labute approximate surface area is 194 Å². The number of hydrogen-bond donors (Lipinski definition) is 1. The first-order valence-corrected chi connectivity index (χ1v) is 10.5. The first-order chi connectivity index (χ1) is 15.4. The number of ether oxygens (including phenoxy) is 3. The molecule has 0 spiro atoms. The van der Waals surface area contributed by atoms with Crippen molar-refractivity contribution in [3.8, 4) is 11.5 Å². The summed E-state index contributed by atoms with van der Waals surface area (Å²) < 4.78 is 17.5. The third-order valence-corrected chi connectivity index (χ3v) is 5.46. The number of carbonyl (C=O) groups excluding carboxylic acids is 2. The quantitative estimate of drug-likeness (QED) is 0.539. The summed E-state index contributed by atoms with van der Waals surface area (Å²) >= 11 is 12.6. The van der Waals surface area contributed by atoms with E-state index < -0.39 is 18.5 Å². The van der Waals surface area contributed by atoms with E-state index in [2.05, 4.69) is 10.4 Å². The first-order valence-electron chi connectivity index (χ1n) is 9.75. The van der Waals surface area contributed by atoms with Crippen LogP contribution in [-0.2, 0) is 16.1 Å². The molecule has 0 saturated carbocycles. The summed E-state index contributed by atoms with van der Waals surface area (Å²) in [6.07, 6.45) is 0. The second-order valence-corrected chi connectivity index (χ2v) is 7.75. The van der Waals surface area contributed by atoms with Gasteiger partial charge in [0, 0.05) is 16.8 Å². The molecule has 0 saturated heterocycles. The van der Waals surface area contributed by atoms with Gasteiger partial charge in [-0.05, 0) is 30.7 Å². The van der Waals surface area contributed by atoms with Gasteiger partial charge in [0.1, 0.15) is 23.9 Å². The third-order valence-electron chi connectivity index (χ3n) is 4.71. The van der Waals surface area contributed by atoms with E-state index in [0.717, 1.165) is 5.56 Å². The van der Waals surface area contributed by atoms with Gasteiger partial charge in [0.05, 0.1) is 12.2 Å². The molecule has 1 N–H and O–H groups in total. The molecular formula is C22H19Cl2N3O5. The van der Waals surface area contributed by atoms with Crippen molar-refractivity contribution in [3.05, 3.63) is 69.5 Å². The molecule has 10 heteroatoms. The van der Waals surface area contributed by atoms with E-state index in [0.29, 0.717) is 41.1 Å². The van der Waals surface area contributed by atoms with Gasteiger partial charge in [-0.3, -0.25) is 4.79 Å². The summed E-state index contributed by atoms with van der Waals surface area (Å²) in [7, 11) is 0. The summed E-state index contributed by atoms with van der Waals surface area (Å²) in [6, 6.07) is 12.3. The highest BCUT2D eigenvalue weighted by molar-refractivity contribution is 6.33. The van der Waals surface area contributed by atoms with Gasteiger partial charge in [0.15, 0.2) is 18.1 Å². The highest BCUT2D eigenvalue weighted by Crippen LogP contribution is 2.32. The smallest absolute Gasteiger partial charge is 0.343 e. The number of benzene rings is 2. The van der Waals surface area contributed by atoms with Crippen LogP contribution in [0.5, 0.6) is 11.5 Å². The van der Waals surface area contributed by atoms with Crippen LogP contribution >= 0.6 is 23.2 Å². The van der Waals surface area contributed by atoms with Crippen molar-refractivity contribution in [2.75, 3.05) is 25.1 Å². The fourth-order valence-corrected chi connectivity index (χ4v) is 3.71. The van der Waals surface area contributed by atoms with Gasteiger partial charge in [-0.2, -0.15) is 5.10 Å². The van der Waals surface area contributed by atoms with Crippen LogP contribution in [0.15, 0.2) is 42.5 Å². The molecule has 0 bridgehead atoms. The number of amides is 1. The molecule has 0 fully saturated rings. The third kappa shape index (κ3) is 4.81. The SMILES string of the molecule is Cc1nn(Cc2ccccc2Cl)c(Cl)c1C(=O)OCC(=O)Nc1ccc2c(c1)OCCO2. The fourth-order valence-electron chi connectivity index (χ4n) is 3.20. The average Bonchev–Trinajstić information content (AvgIpc) is 3.06. The van der Waals surface area contributed by atoms with Crippen molar-refractivity contribution >= 4 is 40.8 Å². The Morgan fingerprint density at radius 1 is 1.12 bits per heavy atom. The molecule has 1 aliphatic rings. The van der Waals surface area contributed by atoms with E-state index in [1.165, 1.54) is 4.68 Å². The summed E-state index contributed by atoms with van der Waals surface area (Å²) in [5, 5.41) is 7.63. The van der Waals surface area contributed by atoms with Gasteiger partial charge in [-0.25, -0.2) is 9.48 Å². The van der Waals surface area contributed by atoms with Gasteiger partial charge in [-0.1, -0.05) is 41.4 Å². The Morgan fingerprint density at radius 3 is 2.66 bits per heavy atom. The molecule has 0 aliphatic carbocycles. The van der Waals surface area contributed by atoms with Crippen LogP contribution < -0.4 is 14.8 Å². The number of fused-ring (bicyclic) bond motifs is 1. The zero-order valence-corrected chi connectivity index (χ0v) is 18.6.